The van der Waals surface area contributed by atoms with Crippen LogP contribution in [0.25, 0.3) is 5.57 Å². The molecule has 1 N–H and O–H groups in total. The van der Waals surface area contributed by atoms with Gasteiger partial charge < -0.3 is 10.1 Å². The highest BCUT2D eigenvalue weighted by Crippen LogP contribution is 2.61. The summed E-state index contributed by atoms with van der Waals surface area (Å²) in [5.74, 6) is 0.857. The molecule has 2 aromatic carbocycles. The lowest BCUT2D eigenvalue weighted by Gasteiger charge is -2.39. The van der Waals surface area contributed by atoms with Crippen LogP contribution in [-0.4, -0.2) is 18.6 Å². The number of amides is 1. The van der Waals surface area contributed by atoms with Crippen molar-refractivity contribution in [1.82, 2.24) is 0 Å². The van der Waals surface area contributed by atoms with Crippen molar-refractivity contribution >= 4 is 34.6 Å². The molecule has 0 bridgehead atoms. The van der Waals surface area contributed by atoms with Gasteiger partial charge in [0.15, 0.2) is 4.87 Å². The number of para-hydroxylation sites is 1. The lowest BCUT2D eigenvalue weighted by atomic mass is 9.89. The third-order valence-electron chi connectivity index (χ3n) is 5.46. The second-order valence-electron chi connectivity index (χ2n) is 7.60. The van der Waals surface area contributed by atoms with Crippen LogP contribution < -0.4 is 15.0 Å². The first-order valence-corrected chi connectivity index (χ1v) is 9.52. The van der Waals surface area contributed by atoms with Crippen LogP contribution in [0.5, 0.6) is 5.75 Å². The highest BCUT2D eigenvalue weighted by molar-refractivity contribution is 8.01. The van der Waals surface area contributed by atoms with Crippen LogP contribution in [0.1, 0.15) is 31.9 Å². The zero-order chi connectivity index (χ0) is 18.3. The van der Waals surface area contributed by atoms with Crippen molar-refractivity contribution in [3.05, 3.63) is 53.6 Å². The molecule has 0 radical (unpaired) electrons. The van der Waals surface area contributed by atoms with Gasteiger partial charge in [0, 0.05) is 21.7 Å². The van der Waals surface area contributed by atoms with Crippen LogP contribution in [0.15, 0.2) is 47.4 Å². The lowest BCUT2D eigenvalue weighted by molar-refractivity contribution is -0.120. The summed E-state index contributed by atoms with van der Waals surface area (Å²) in [6, 6.07) is 12.1. The standard InChI is InChI=1S/C21H20N2O2S/c1-12-11-20(2,3)23-18-14(12)9-13(25-4)10-15(18)21(19(23)24)22-16-7-5-6-8-17(16)26-21/h5-11,22H,1-4H3. The second kappa shape index (κ2) is 4.86. The Morgan fingerprint density at radius 1 is 1.19 bits per heavy atom. The van der Waals surface area contributed by atoms with Gasteiger partial charge in [0.05, 0.1) is 18.3 Å². The SMILES string of the molecule is COc1cc2c3c(c1)C1(Nc4ccccc4S1)C(=O)N3C(C)(C)C=C2C. The number of thioether (sulfide) groups is 1. The number of rotatable bonds is 1. The lowest BCUT2D eigenvalue weighted by Crippen LogP contribution is -2.51. The molecule has 0 saturated carbocycles. The average Bonchev–Trinajstić information content (AvgIpc) is 3.10. The molecule has 1 atom stereocenters. The Bertz CT molecular complexity index is 984. The van der Waals surface area contributed by atoms with Gasteiger partial charge in [0.1, 0.15) is 5.75 Å². The maximum Gasteiger partial charge on any atom is 0.269 e. The molecule has 2 aromatic rings. The van der Waals surface area contributed by atoms with E-state index >= 15 is 0 Å². The number of carbonyl (C=O) groups is 1. The number of ether oxygens (including phenoxy) is 1. The third-order valence-corrected chi connectivity index (χ3v) is 6.84. The van der Waals surface area contributed by atoms with E-state index in [2.05, 4.69) is 38.2 Å². The van der Waals surface area contributed by atoms with Crippen molar-refractivity contribution in [2.75, 3.05) is 17.3 Å². The molecular formula is C21H20N2O2S. The molecule has 0 aliphatic carbocycles. The Hall–Kier alpha value is -2.40. The van der Waals surface area contributed by atoms with E-state index in [9.17, 15) is 4.79 Å². The smallest absolute Gasteiger partial charge is 0.269 e. The van der Waals surface area contributed by atoms with Gasteiger partial charge in [-0.25, -0.2) is 0 Å². The normalized spacial score (nSPS) is 24.2. The molecule has 1 unspecified atom stereocenters. The Kier molecular flexibility index (Phi) is 2.96. The molecule has 3 aliphatic heterocycles. The molecule has 0 saturated heterocycles. The Labute approximate surface area is 157 Å². The topological polar surface area (TPSA) is 41.6 Å². The average molecular weight is 364 g/mol. The fraction of sp³-hybridized carbons (Fsp3) is 0.286. The van der Waals surface area contributed by atoms with Crippen molar-refractivity contribution in [2.45, 2.75) is 36.1 Å². The van der Waals surface area contributed by atoms with Crippen LogP contribution in [0.4, 0.5) is 11.4 Å². The van der Waals surface area contributed by atoms with E-state index in [1.165, 1.54) is 5.57 Å². The Balaban J connectivity index is 1.81. The van der Waals surface area contributed by atoms with Gasteiger partial charge >= 0.3 is 0 Å². The maximum atomic E-state index is 13.8. The summed E-state index contributed by atoms with van der Waals surface area (Å²) in [6.45, 7) is 6.29. The molecule has 132 valence electrons. The van der Waals surface area contributed by atoms with Gasteiger partial charge in [-0.15, -0.1) is 0 Å². The molecule has 5 rings (SSSR count). The van der Waals surface area contributed by atoms with E-state index in [0.717, 1.165) is 33.1 Å². The van der Waals surface area contributed by atoms with Crippen LogP contribution in [0.2, 0.25) is 0 Å². The number of hydrogen-bond acceptors (Lipinski definition) is 4. The number of methoxy groups -OCH3 is 1. The van der Waals surface area contributed by atoms with Crippen LogP contribution >= 0.6 is 11.8 Å². The summed E-state index contributed by atoms with van der Waals surface area (Å²) in [5.41, 5.74) is 4.86. The predicted molar refractivity (Wildman–Crippen MR) is 106 cm³/mol. The molecule has 26 heavy (non-hydrogen) atoms. The predicted octanol–water partition coefficient (Wildman–Crippen LogP) is 4.61. The zero-order valence-electron chi connectivity index (χ0n) is 15.2. The number of benzene rings is 2. The van der Waals surface area contributed by atoms with E-state index in [0.29, 0.717) is 0 Å². The highest BCUT2D eigenvalue weighted by Gasteiger charge is 2.59. The van der Waals surface area contributed by atoms with Gasteiger partial charge in [0.2, 0.25) is 0 Å². The number of carbonyl (C=O) groups excluding carboxylic acids is 1. The third kappa shape index (κ3) is 1.79. The summed E-state index contributed by atoms with van der Waals surface area (Å²) in [5, 5.41) is 3.53. The minimum atomic E-state index is -0.835. The summed E-state index contributed by atoms with van der Waals surface area (Å²) in [6.07, 6.45) is 2.17. The van der Waals surface area contributed by atoms with Crippen molar-refractivity contribution < 1.29 is 9.53 Å². The van der Waals surface area contributed by atoms with Crippen molar-refractivity contribution in [3.8, 4) is 5.75 Å². The van der Waals surface area contributed by atoms with Crippen LogP contribution in [-0.2, 0) is 9.67 Å². The maximum absolute atomic E-state index is 13.8. The van der Waals surface area contributed by atoms with Crippen molar-refractivity contribution in [2.24, 2.45) is 0 Å². The van der Waals surface area contributed by atoms with E-state index < -0.39 is 4.87 Å². The molecule has 5 heteroatoms. The number of anilines is 2. The largest absolute Gasteiger partial charge is 0.497 e. The number of nitrogens with one attached hydrogen (secondary N) is 1. The van der Waals surface area contributed by atoms with Crippen LogP contribution in [0.3, 0.4) is 0 Å². The molecular weight excluding hydrogens is 344 g/mol. The highest BCUT2D eigenvalue weighted by atomic mass is 32.2. The molecule has 0 fully saturated rings. The van der Waals surface area contributed by atoms with Gasteiger partial charge in [-0.05, 0) is 50.6 Å². The van der Waals surface area contributed by atoms with Gasteiger partial charge in [0.25, 0.3) is 5.91 Å². The monoisotopic (exact) mass is 364 g/mol. The van der Waals surface area contributed by atoms with Gasteiger partial charge in [-0.2, -0.15) is 0 Å². The first kappa shape index (κ1) is 15.8. The van der Waals surface area contributed by atoms with Crippen LogP contribution in [0, 0.1) is 0 Å². The number of nitrogens with zero attached hydrogens (tertiary/aromatic N) is 1. The van der Waals surface area contributed by atoms with Gasteiger partial charge in [-0.3, -0.25) is 9.69 Å². The molecule has 3 heterocycles. The molecule has 3 aliphatic rings. The molecule has 4 nitrogen and oxygen atoms in total. The minimum Gasteiger partial charge on any atom is -0.497 e. The van der Waals surface area contributed by atoms with E-state index in [1.807, 2.05) is 35.2 Å². The van der Waals surface area contributed by atoms with Gasteiger partial charge in [-0.1, -0.05) is 30.0 Å². The Morgan fingerprint density at radius 3 is 2.69 bits per heavy atom. The first-order valence-electron chi connectivity index (χ1n) is 8.70. The zero-order valence-corrected chi connectivity index (χ0v) is 16.0. The number of fused-ring (bicyclic) bond motifs is 2. The molecule has 1 amide bonds. The summed E-state index contributed by atoms with van der Waals surface area (Å²) >= 11 is 1.59. The summed E-state index contributed by atoms with van der Waals surface area (Å²) in [7, 11) is 1.67. The minimum absolute atomic E-state index is 0.0805. The first-order chi connectivity index (χ1) is 12.4. The number of hydrogen-bond donors (Lipinski definition) is 1. The second-order valence-corrected chi connectivity index (χ2v) is 8.85. The number of allylic oxidation sites excluding steroid dienone is 1. The van der Waals surface area contributed by atoms with E-state index in [1.54, 1.807) is 18.9 Å². The Morgan fingerprint density at radius 2 is 1.96 bits per heavy atom. The summed E-state index contributed by atoms with van der Waals surface area (Å²) in [4.78, 5) is 16.0. The molecule has 1 spiro atoms. The van der Waals surface area contributed by atoms with E-state index in [-0.39, 0.29) is 11.4 Å². The van der Waals surface area contributed by atoms with E-state index in [4.69, 9.17) is 4.74 Å². The van der Waals surface area contributed by atoms with Crippen molar-refractivity contribution in [3.63, 3.8) is 0 Å². The quantitative estimate of drug-likeness (QED) is 0.802. The molecule has 0 aromatic heterocycles. The fourth-order valence-electron chi connectivity index (χ4n) is 4.39. The van der Waals surface area contributed by atoms with Crippen molar-refractivity contribution in [1.29, 1.82) is 0 Å². The summed E-state index contributed by atoms with van der Waals surface area (Å²) < 4.78 is 5.56. The fourth-order valence-corrected chi connectivity index (χ4v) is 5.70.